The lowest BCUT2D eigenvalue weighted by Crippen LogP contribution is -2.28. The molecule has 0 saturated heterocycles. The topological polar surface area (TPSA) is 182 Å². The molecule has 10 aromatic rings. The molecule has 0 unspecified atom stereocenters. The predicted molar refractivity (Wildman–Crippen MR) is 399 cm³/mol. The van der Waals surface area contributed by atoms with E-state index in [0.29, 0.717) is 50.1 Å². The predicted octanol–water partition coefficient (Wildman–Crippen LogP) is 21.3. The number of phenolic OH excluding ortho intramolecular Hbond substituents is 9. The van der Waals surface area contributed by atoms with E-state index in [0.717, 1.165) is 111 Å². The third-order valence-electron chi connectivity index (χ3n) is 21.7. The first-order valence-electron chi connectivity index (χ1n) is 34.4. The van der Waals surface area contributed by atoms with Crippen LogP contribution < -0.4 is 0 Å². The molecular weight excluding hydrogens is 1210 g/mol. The Balaban J connectivity index is 1.30. The van der Waals surface area contributed by atoms with Crippen molar-refractivity contribution >= 4 is 0 Å². The molecule has 0 radical (unpaired) electrons. The highest BCUT2D eigenvalue weighted by Gasteiger charge is 2.40. The van der Waals surface area contributed by atoms with Crippen LogP contribution in [0.5, 0.6) is 51.7 Å². The highest BCUT2D eigenvalue weighted by molar-refractivity contribution is 5.67. The van der Waals surface area contributed by atoms with Crippen LogP contribution in [0, 0.1) is 83.1 Å². The fourth-order valence-electron chi connectivity index (χ4n) is 15.2. The van der Waals surface area contributed by atoms with Crippen LogP contribution >= 0.6 is 0 Å². The normalized spacial score (nSPS) is 12.2. The van der Waals surface area contributed by atoms with Gasteiger partial charge in [-0.2, -0.15) is 0 Å². The average molecular weight is 1310 g/mol. The molecule has 510 valence electrons. The molecule has 9 nitrogen and oxygen atoms in total. The number of hydrogen-bond donors (Lipinski definition) is 9. The zero-order valence-corrected chi connectivity index (χ0v) is 61.2. The number of aryl methyl sites for hydroxylation is 12. The first-order chi connectivity index (χ1) is 45.9. The highest BCUT2D eigenvalue weighted by atomic mass is 16.3. The van der Waals surface area contributed by atoms with Crippen molar-refractivity contribution in [2.24, 2.45) is 0 Å². The summed E-state index contributed by atoms with van der Waals surface area (Å²) in [5.74, 6) is -0.651. The summed E-state index contributed by atoms with van der Waals surface area (Å²) >= 11 is 0. The molecule has 0 fully saturated rings. The van der Waals surface area contributed by atoms with E-state index in [9.17, 15) is 46.0 Å². The molecule has 0 aliphatic carbocycles. The minimum atomic E-state index is -1.10. The van der Waals surface area contributed by atoms with E-state index in [-0.39, 0.29) is 69.5 Å². The number of phenols is 9. The molecule has 0 saturated carbocycles. The largest absolute Gasteiger partial charge is 0.508 e. The van der Waals surface area contributed by atoms with Crippen molar-refractivity contribution in [3.63, 3.8) is 0 Å². The van der Waals surface area contributed by atoms with Gasteiger partial charge in [0.1, 0.15) is 51.7 Å². The van der Waals surface area contributed by atoms with Crippen LogP contribution in [0.25, 0.3) is 0 Å². The van der Waals surface area contributed by atoms with Gasteiger partial charge in [0, 0.05) is 45.3 Å². The number of benzene rings is 10. The summed E-state index contributed by atoms with van der Waals surface area (Å²) in [5, 5.41) is 106. The summed E-state index contributed by atoms with van der Waals surface area (Å²) in [7, 11) is 0. The summed E-state index contributed by atoms with van der Waals surface area (Å²) in [4.78, 5) is 0. The smallest absolute Gasteiger partial charge is 0.123 e. The van der Waals surface area contributed by atoms with Crippen molar-refractivity contribution in [1.29, 1.82) is 0 Å². The van der Waals surface area contributed by atoms with Crippen molar-refractivity contribution in [2.45, 2.75) is 192 Å². The maximum atomic E-state index is 13.2. The van der Waals surface area contributed by atoms with Gasteiger partial charge < -0.3 is 46.0 Å². The third-order valence-corrected chi connectivity index (χ3v) is 21.7. The molecule has 10 aromatic carbocycles. The maximum absolute atomic E-state index is 13.2. The van der Waals surface area contributed by atoms with Crippen LogP contribution in [0.4, 0.5) is 0 Å². The van der Waals surface area contributed by atoms with Crippen molar-refractivity contribution in [1.82, 2.24) is 0 Å². The lowest BCUT2D eigenvalue weighted by atomic mass is 9.66. The molecule has 10 rings (SSSR count). The van der Waals surface area contributed by atoms with Crippen molar-refractivity contribution in [3.8, 4) is 51.7 Å². The van der Waals surface area contributed by atoms with Gasteiger partial charge in [-0.3, -0.25) is 0 Å². The van der Waals surface area contributed by atoms with Crippen LogP contribution in [-0.4, -0.2) is 46.0 Å². The summed E-state index contributed by atoms with van der Waals surface area (Å²) in [6, 6.07) is 44.4. The second kappa shape index (κ2) is 26.7. The van der Waals surface area contributed by atoms with Gasteiger partial charge >= 0.3 is 0 Å². The Morgan fingerprint density at radius 2 is 0.408 bits per heavy atom. The van der Waals surface area contributed by atoms with Crippen LogP contribution in [0.3, 0.4) is 0 Å². The van der Waals surface area contributed by atoms with Crippen LogP contribution in [-0.2, 0) is 10.8 Å². The summed E-state index contributed by atoms with van der Waals surface area (Å²) in [6.07, 6.45) is 0. The standard InChI is InChI=1S/C89H100O9/c1-44(2)64-38-61(39-73(85(64)96)82(67-26-53(13)76(90)32-47(67)7)68-27-54(14)77(91)33-48(68)8)88(19,20)59-22-24-60(25-23-59)89(21,62-40-65(45(3)4)86(97)74(42-62)83(69-28-55(15)78(92)34-49(69)9)70-29-56(16)79(93)35-50(70)10)63-41-66(46(5)6)87(98)75(43-63)84(71-30-57(17)80(94)36-51(71)11)72-31-58(18)81(95)37-52(72)12/h22-46,82-84,90-98H,1-21H3. The summed E-state index contributed by atoms with van der Waals surface area (Å²) < 4.78 is 0. The van der Waals surface area contributed by atoms with Crippen LogP contribution in [0.2, 0.25) is 0 Å². The fourth-order valence-corrected chi connectivity index (χ4v) is 15.2. The van der Waals surface area contributed by atoms with Crippen LogP contribution in [0.1, 0.15) is 259 Å². The summed E-state index contributed by atoms with van der Waals surface area (Å²) in [6.45, 7) is 42.4. The quantitative estimate of drug-likeness (QED) is 0.0401. The Hall–Kier alpha value is -9.60. The lowest BCUT2D eigenvalue weighted by Gasteiger charge is -2.37. The lowest BCUT2D eigenvalue weighted by molar-refractivity contribution is 0.453. The molecule has 0 heterocycles. The SMILES string of the molecule is Cc1cc(C(c2cc(C)c(O)cc2C)c2cc(C(C)(C)c3ccc(C(C)(c4cc(C(C)C)c(O)c(C(c5cc(C)c(O)cc5C)c5cc(C)c(O)cc5C)c4)c4cc(C(C)C)c(O)c(C(c5cc(C)c(O)cc5C)c5cc(C)c(O)cc5C)c4)cc3)cc(C(C)C)c2O)c(C)cc1O. The Bertz CT molecular complexity index is 4430. The van der Waals surface area contributed by atoms with Gasteiger partial charge in [-0.15, -0.1) is 0 Å². The Morgan fingerprint density at radius 1 is 0.214 bits per heavy atom. The minimum absolute atomic E-state index is 0.0810. The Morgan fingerprint density at radius 3 is 0.633 bits per heavy atom. The minimum Gasteiger partial charge on any atom is -0.508 e. The van der Waals surface area contributed by atoms with Gasteiger partial charge in [-0.05, 0) is 301 Å². The van der Waals surface area contributed by atoms with E-state index in [1.165, 1.54) is 0 Å². The average Bonchev–Trinajstić information content (AvgIpc) is 0.733. The number of rotatable bonds is 17. The number of aromatic hydroxyl groups is 9. The molecule has 0 bridgehead atoms. The van der Waals surface area contributed by atoms with Crippen LogP contribution in [0.15, 0.2) is 133 Å². The molecular formula is C89H100O9. The fraction of sp³-hybridized carbons (Fsp3) is 0.326. The molecule has 0 aliphatic heterocycles. The van der Waals surface area contributed by atoms with Crippen molar-refractivity contribution < 1.29 is 46.0 Å². The molecule has 0 aliphatic rings. The Kier molecular flexibility index (Phi) is 19.4. The van der Waals surface area contributed by atoms with Gasteiger partial charge in [-0.1, -0.05) is 140 Å². The molecule has 0 aromatic heterocycles. The van der Waals surface area contributed by atoms with E-state index in [4.69, 9.17) is 0 Å². The highest BCUT2D eigenvalue weighted by Crippen LogP contribution is 2.54. The van der Waals surface area contributed by atoms with Gasteiger partial charge in [0.2, 0.25) is 0 Å². The van der Waals surface area contributed by atoms with E-state index >= 15 is 0 Å². The number of hydrogen-bond acceptors (Lipinski definition) is 9. The van der Waals surface area contributed by atoms with Crippen molar-refractivity contribution in [3.05, 3.63) is 295 Å². The van der Waals surface area contributed by atoms with E-state index in [2.05, 4.69) is 123 Å². The first-order valence-corrected chi connectivity index (χ1v) is 34.4. The van der Waals surface area contributed by atoms with Gasteiger partial charge in [0.25, 0.3) is 0 Å². The van der Waals surface area contributed by atoms with Gasteiger partial charge in [0.15, 0.2) is 0 Å². The second-order valence-corrected chi connectivity index (χ2v) is 30.1. The summed E-state index contributed by atoms with van der Waals surface area (Å²) in [5.41, 5.74) is 21.5. The van der Waals surface area contributed by atoms with E-state index < -0.39 is 28.6 Å². The molecule has 98 heavy (non-hydrogen) atoms. The van der Waals surface area contributed by atoms with Gasteiger partial charge in [-0.25, -0.2) is 0 Å². The molecule has 0 atom stereocenters. The van der Waals surface area contributed by atoms with E-state index in [1.807, 2.05) is 119 Å². The monoisotopic (exact) mass is 1310 g/mol. The van der Waals surface area contributed by atoms with E-state index in [1.54, 1.807) is 36.4 Å². The third kappa shape index (κ3) is 12.7. The first kappa shape index (κ1) is 71.2. The van der Waals surface area contributed by atoms with Gasteiger partial charge in [0.05, 0.1) is 0 Å². The Labute approximate surface area is 581 Å². The molecule has 0 amide bonds. The second-order valence-electron chi connectivity index (χ2n) is 30.1. The zero-order chi connectivity index (χ0) is 72.0. The molecule has 0 spiro atoms. The molecule has 9 heteroatoms. The molecule has 9 N–H and O–H groups in total. The maximum Gasteiger partial charge on any atom is 0.123 e. The van der Waals surface area contributed by atoms with Crippen molar-refractivity contribution in [2.75, 3.05) is 0 Å². The zero-order valence-electron chi connectivity index (χ0n) is 61.2.